The molecular weight excluding hydrogens is 315 g/mol. The van der Waals surface area contributed by atoms with E-state index in [1.165, 1.54) is 23.8 Å². The van der Waals surface area contributed by atoms with Gasteiger partial charge in [-0.2, -0.15) is 0 Å². The van der Waals surface area contributed by atoms with Gasteiger partial charge in [0, 0.05) is 6.04 Å². The van der Waals surface area contributed by atoms with Gasteiger partial charge in [0.2, 0.25) is 5.91 Å². The van der Waals surface area contributed by atoms with Gasteiger partial charge in [-0.1, -0.05) is 41.9 Å². The van der Waals surface area contributed by atoms with Crippen molar-refractivity contribution in [3.63, 3.8) is 0 Å². The molecule has 1 fully saturated rings. The van der Waals surface area contributed by atoms with Gasteiger partial charge in [-0.25, -0.2) is 4.39 Å². The van der Waals surface area contributed by atoms with E-state index in [0.29, 0.717) is 12.2 Å². The number of nitrogens with one attached hydrogen (secondary N) is 1. The van der Waals surface area contributed by atoms with Crippen molar-refractivity contribution in [2.24, 2.45) is 0 Å². The van der Waals surface area contributed by atoms with Crippen LogP contribution in [0.25, 0.3) is 0 Å². The number of rotatable bonds is 4. The lowest BCUT2D eigenvalue weighted by molar-refractivity contribution is -0.117. The molecule has 1 aliphatic rings. The highest BCUT2D eigenvalue weighted by molar-refractivity contribution is 6.33. The Bertz CT molecular complexity index is 693. The molecule has 120 valence electrons. The number of benzene rings is 2. The number of nitrogens with zero attached hydrogens (tertiary/aromatic N) is 1. The summed E-state index contributed by atoms with van der Waals surface area (Å²) in [6.07, 6.45) is 2.12. The van der Waals surface area contributed by atoms with E-state index in [-0.39, 0.29) is 17.0 Å². The van der Waals surface area contributed by atoms with Crippen LogP contribution >= 0.6 is 11.6 Å². The third-order valence-electron chi connectivity index (χ3n) is 4.10. The van der Waals surface area contributed by atoms with Crippen LogP contribution in [-0.2, 0) is 4.79 Å². The maximum absolute atomic E-state index is 13.0. The second-order valence-electron chi connectivity index (χ2n) is 5.71. The van der Waals surface area contributed by atoms with Crippen LogP contribution in [0.15, 0.2) is 48.5 Å². The number of amides is 1. The van der Waals surface area contributed by atoms with Crippen LogP contribution in [0.4, 0.5) is 10.1 Å². The lowest BCUT2D eigenvalue weighted by Gasteiger charge is -2.24. The van der Waals surface area contributed by atoms with Gasteiger partial charge in [-0.15, -0.1) is 0 Å². The van der Waals surface area contributed by atoms with Crippen molar-refractivity contribution in [1.82, 2.24) is 4.90 Å². The molecule has 2 aromatic rings. The Hall–Kier alpha value is -1.91. The zero-order valence-corrected chi connectivity index (χ0v) is 13.4. The predicted molar refractivity (Wildman–Crippen MR) is 90.0 cm³/mol. The fraction of sp³-hybridized carbons (Fsp3) is 0.278. The summed E-state index contributed by atoms with van der Waals surface area (Å²) in [6, 6.07) is 14.4. The number of carbonyl (C=O) groups is 1. The summed E-state index contributed by atoms with van der Waals surface area (Å²) >= 11 is 5.95. The average molecular weight is 333 g/mol. The fourth-order valence-electron chi connectivity index (χ4n) is 3.03. The zero-order chi connectivity index (χ0) is 16.2. The van der Waals surface area contributed by atoms with Crippen LogP contribution < -0.4 is 5.32 Å². The van der Waals surface area contributed by atoms with E-state index >= 15 is 0 Å². The molecule has 1 aliphatic heterocycles. The Balaban J connectivity index is 1.65. The summed E-state index contributed by atoms with van der Waals surface area (Å²) in [5.74, 6) is -0.557. The minimum Gasteiger partial charge on any atom is -0.324 e. The summed E-state index contributed by atoms with van der Waals surface area (Å²) < 4.78 is 13.0. The van der Waals surface area contributed by atoms with Crippen LogP contribution in [0.1, 0.15) is 24.4 Å². The standard InChI is InChI=1S/C18H18ClFN2O/c19-15-11-14(20)8-9-16(15)21-18(23)12-22-10-4-7-17(22)13-5-2-1-3-6-13/h1-3,5-6,8-9,11,17H,4,7,10,12H2,(H,21,23)/t17-/m0/s1. The van der Waals surface area contributed by atoms with Gasteiger partial charge < -0.3 is 5.32 Å². The number of anilines is 1. The van der Waals surface area contributed by atoms with Gasteiger partial charge in [0.25, 0.3) is 0 Å². The second-order valence-corrected chi connectivity index (χ2v) is 6.12. The van der Waals surface area contributed by atoms with Crippen molar-refractivity contribution in [3.8, 4) is 0 Å². The molecule has 0 bridgehead atoms. The van der Waals surface area contributed by atoms with Gasteiger partial charge in [0.15, 0.2) is 0 Å². The molecule has 1 amide bonds. The van der Waals surface area contributed by atoms with Gasteiger partial charge in [-0.3, -0.25) is 9.69 Å². The molecular formula is C18H18ClFN2O. The highest BCUT2D eigenvalue weighted by atomic mass is 35.5. The Morgan fingerprint density at radius 1 is 1.26 bits per heavy atom. The Morgan fingerprint density at radius 2 is 2.04 bits per heavy atom. The minimum absolute atomic E-state index is 0.138. The highest BCUT2D eigenvalue weighted by Crippen LogP contribution is 2.31. The number of likely N-dealkylation sites (tertiary alicyclic amines) is 1. The van der Waals surface area contributed by atoms with Crippen molar-refractivity contribution in [2.75, 3.05) is 18.4 Å². The van der Waals surface area contributed by atoms with E-state index in [9.17, 15) is 9.18 Å². The SMILES string of the molecule is O=C(CN1CCC[C@H]1c1ccccc1)Nc1ccc(F)cc1Cl. The third kappa shape index (κ3) is 3.89. The predicted octanol–water partition coefficient (Wildman–Crippen LogP) is 4.25. The van der Waals surface area contributed by atoms with Crippen LogP contribution in [0.5, 0.6) is 0 Å². The maximum atomic E-state index is 13.0. The summed E-state index contributed by atoms with van der Waals surface area (Å²) in [5.41, 5.74) is 1.67. The molecule has 0 spiro atoms. The van der Waals surface area contributed by atoms with Crippen LogP contribution in [0.3, 0.4) is 0 Å². The Morgan fingerprint density at radius 3 is 2.78 bits per heavy atom. The van der Waals surface area contributed by atoms with Gasteiger partial charge in [0.1, 0.15) is 5.82 Å². The molecule has 1 atom stereocenters. The van der Waals surface area contributed by atoms with E-state index in [0.717, 1.165) is 19.4 Å². The topological polar surface area (TPSA) is 32.3 Å². The van der Waals surface area contributed by atoms with Gasteiger partial charge in [-0.05, 0) is 43.1 Å². The summed E-state index contributed by atoms with van der Waals surface area (Å²) in [6.45, 7) is 1.19. The first-order chi connectivity index (χ1) is 11.1. The quantitative estimate of drug-likeness (QED) is 0.907. The van der Waals surface area contributed by atoms with Crippen molar-refractivity contribution < 1.29 is 9.18 Å². The molecule has 0 aromatic heterocycles. The smallest absolute Gasteiger partial charge is 0.238 e. The van der Waals surface area contributed by atoms with Crippen molar-refractivity contribution in [2.45, 2.75) is 18.9 Å². The normalized spacial score (nSPS) is 18.1. The Kier molecular flexibility index (Phi) is 4.94. The van der Waals surface area contributed by atoms with Crippen LogP contribution in [0.2, 0.25) is 5.02 Å². The molecule has 23 heavy (non-hydrogen) atoms. The largest absolute Gasteiger partial charge is 0.324 e. The number of hydrogen-bond acceptors (Lipinski definition) is 2. The fourth-order valence-corrected chi connectivity index (χ4v) is 3.25. The first-order valence-electron chi connectivity index (χ1n) is 7.67. The van der Waals surface area contributed by atoms with E-state index in [4.69, 9.17) is 11.6 Å². The van der Waals surface area contributed by atoms with E-state index in [2.05, 4.69) is 22.3 Å². The lowest BCUT2D eigenvalue weighted by atomic mass is 10.0. The molecule has 3 nitrogen and oxygen atoms in total. The second kappa shape index (κ2) is 7.11. The summed E-state index contributed by atoms with van der Waals surface area (Å²) in [4.78, 5) is 14.4. The van der Waals surface area contributed by atoms with Crippen LogP contribution in [-0.4, -0.2) is 23.9 Å². The average Bonchev–Trinajstić information content (AvgIpc) is 2.99. The molecule has 2 aromatic carbocycles. The third-order valence-corrected chi connectivity index (χ3v) is 4.41. The molecule has 0 aliphatic carbocycles. The maximum Gasteiger partial charge on any atom is 0.238 e. The zero-order valence-electron chi connectivity index (χ0n) is 12.6. The van der Waals surface area contributed by atoms with Crippen LogP contribution in [0, 0.1) is 5.82 Å². The van der Waals surface area contributed by atoms with Crippen molar-refractivity contribution >= 4 is 23.2 Å². The highest BCUT2D eigenvalue weighted by Gasteiger charge is 2.27. The molecule has 0 unspecified atom stereocenters. The van der Waals surface area contributed by atoms with E-state index < -0.39 is 5.82 Å². The number of halogens is 2. The molecule has 5 heteroatoms. The molecule has 0 saturated carbocycles. The molecule has 1 saturated heterocycles. The van der Waals surface area contributed by atoms with Gasteiger partial charge in [0.05, 0.1) is 17.3 Å². The molecule has 1 heterocycles. The number of carbonyl (C=O) groups excluding carboxylic acids is 1. The monoisotopic (exact) mass is 332 g/mol. The number of hydrogen-bond donors (Lipinski definition) is 1. The summed E-state index contributed by atoms with van der Waals surface area (Å²) in [7, 11) is 0. The molecule has 1 N–H and O–H groups in total. The van der Waals surface area contributed by atoms with Crippen molar-refractivity contribution in [3.05, 3.63) is 64.9 Å². The minimum atomic E-state index is -0.420. The summed E-state index contributed by atoms with van der Waals surface area (Å²) in [5, 5.41) is 2.96. The Labute approximate surface area is 140 Å². The van der Waals surface area contributed by atoms with E-state index in [1.807, 2.05) is 18.2 Å². The molecule has 3 rings (SSSR count). The first kappa shape index (κ1) is 16.0. The van der Waals surface area contributed by atoms with Crippen molar-refractivity contribution in [1.29, 1.82) is 0 Å². The molecule has 0 radical (unpaired) electrons. The first-order valence-corrected chi connectivity index (χ1v) is 8.05. The lowest BCUT2D eigenvalue weighted by Crippen LogP contribution is -2.33. The van der Waals surface area contributed by atoms with Gasteiger partial charge >= 0.3 is 0 Å². The van der Waals surface area contributed by atoms with E-state index in [1.54, 1.807) is 0 Å².